The molecule has 0 fully saturated rings. The first-order chi connectivity index (χ1) is 4.41. The quantitative estimate of drug-likeness (QED) is 0.529. The van der Waals surface area contributed by atoms with Gasteiger partial charge in [0.25, 0.3) is 0 Å². The molecule has 2 N–H and O–H groups in total. The molecule has 0 aliphatic heterocycles. The molecule has 0 saturated carbocycles. The van der Waals surface area contributed by atoms with E-state index in [9.17, 15) is 0 Å². The van der Waals surface area contributed by atoms with Gasteiger partial charge in [-0.1, -0.05) is 0 Å². The van der Waals surface area contributed by atoms with E-state index in [0.29, 0.717) is 0 Å². The second-order valence-corrected chi connectivity index (χ2v) is 1.41. The number of hydrogen-bond donors (Lipinski definition) is 1. The Morgan fingerprint density at radius 2 is 1.60 bits per heavy atom. The van der Waals surface area contributed by atoms with Crippen molar-refractivity contribution in [3.05, 3.63) is 42.9 Å². The summed E-state index contributed by atoms with van der Waals surface area (Å²) in [5.74, 6) is 0. The maximum Gasteiger partial charge on any atom is 2.00 e. The summed E-state index contributed by atoms with van der Waals surface area (Å²) in [6.45, 7) is 3.28. The van der Waals surface area contributed by atoms with E-state index in [2.05, 4.69) is 6.07 Å². The second-order valence-electron chi connectivity index (χ2n) is 1.41. The molecule has 58 valence electrons. The smallest absolute Gasteiger partial charge is 0.484 e. The third kappa shape index (κ3) is 10.8. The molecule has 0 aliphatic carbocycles. The van der Waals surface area contributed by atoms with Gasteiger partial charge in [-0.05, 0) is 0 Å². The van der Waals surface area contributed by atoms with Gasteiger partial charge in [0.15, 0.2) is 0 Å². The maximum absolute atomic E-state index is 4.72. The van der Waals surface area contributed by atoms with Gasteiger partial charge in [-0.15, -0.1) is 0 Å². The molecule has 0 atom stereocenters. The van der Waals surface area contributed by atoms with Gasteiger partial charge in [0.2, 0.25) is 0 Å². The van der Waals surface area contributed by atoms with Crippen LogP contribution in [0.25, 0.3) is 0 Å². The Morgan fingerprint density at radius 3 is 1.70 bits per heavy atom. The van der Waals surface area contributed by atoms with Crippen molar-refractivity contribution < 1.29 is 20.4 Å². The molecule has 1 nitrogen and oxygen atoms in total. The van der Waals surface area contributed by atoms with Crippen molar-refractivity contribution in [2.75, 3.05) is 0 Å². The zero-order valence-electron chi connectivity index (χ0n) is 5.86. The molecule has 2 heteroatoms. The fraction of sp³-hybridized carbons (Fsp3) is 0.125. The summed E-state index contributed by atoms with van der Waals surface area (Å²) in [4.78, 5) is 0. The average molecular weight is 228 g/mol. The molecule has 0 aliphatic rings. The van der Waals surface area contributed by atoms with E-state index in [1.807, 2.05) is 30.3 Å². The molecular weight excluding hydrogens is 217 g/mol. The SMILES string of the molecule is C[CH-]N.[Pd+2].[c-]1ccccc1. The summed E-state index contributed by atoms with van der Waals surface area (Å²) in [6, 6.07) is 12.5. The third-order valence-electron chi connectivity index (χ3n) is 0.607. The average Bonchev–Trinajstić information content (AvgIpc) is 1.93. The molecule has 0 saturated heterocycles. The Labute approximate surface area is 76.3 Å². The fourth-order valence-electron chi connectivity index (χ4n) is 0.342. The zero-order valence-corrected chi connectivity index (χ0v) is 7.41. The topological polar surface area (TPSA) is 26.0 Å². The van der Waals surface area contributed by atoms with Gasteiger partial charge in [-0.25, -0.2) is 0 Å². The minimum absolute atomic E-state index is 0. The summed E-state index contributed by atoms with van der Waals surface area (Å²) in [7, 11) is 0. The van der Waals surface area contributed by atoms with Gasteiger partial charge in [0.05, 0.1) is 0 Å². The second kappa shape index (κ2) is 11.6. The Morgan fingerprint density at radius 1 is 1.20 bits per heavy atom. The number of rotatable bonds is 0. The van der Waals surface area contributed by atoms with Crippen LogP contribution in [0.4, 0.5) is 0 Å². The van der Waals surface area contributed by atoms with Crippen LogP contribution >= 0.6 is 0 Å². The van der Waals surface area contributed by atoms with Crippen molar-refractivity contribution >= 4 is 0 Å². The van der Waals surface area contributed by atoms with E-state index in [-0.39, 0.29) is 20.4 Å². The minimum atomic E-state index is 0. The van der Waals surface area contributed by atoms with E-state index in [4.69, 9.17) is 5.73 Å². The van der Waals surface area contributed by atoms with Gasteiger partial charge in [-0.2, -0.15) is 43.3 Å². The van der Waals surface area contributed by atoms with Gasteiger partial charge in [-0.3, -0.25) is 6.54 Å². The molecule has 1 rings (SSSR count). The monoisotopic (exact) mass is 227 g/mol. The van der Waals surface area contributed by atoms with Crippen LogP contribution in [0.5, 0.6) is 0 Å². The minimum Gasteiger partial charge on any atom is -0.484 e. The summed E-state index contributed by atoms with van der Waals surface area (Å²) in [5, 5.41) is 0. The van der Waals surface area contributed by atoms with Crippen molar-refractivity contribution in [3.63, 3.8) is 0 Å². The molecule has 0 spiro atoms. The molecule has 1 aromatic carbocycles. The molecule has 0 radical (unpaired) electrons. The number of nitrogens with two attached hydrogens (primary N) is 1. The van der Waals surface area contributed by atoms with Gasteiger partial charge >= 0.3 is 20.4 Å². The first-order valence-electron chi connectivity index (χ1n) is 2.82. The maximum atomic E-state index is 4.72. The van der Waals surface area contributed by atoms with Gasteiger partial charge in [0.1, 0.15) is 0 Å². The predicted molar refractivity (Wildman–Crippen MR) is 39.4 cm³/mol. The van der Waals surface area contributed by atoms with Crippen LogP contribution in [-0.4, -0.2) is 0 Å². The summed E-state index contributed by atoms with van der Waals surface area (Å²) < 4.78 is 0. The molecule has 1 aromatic rings. The number of benzene rings is 1. The summed E-state index contributed by atoms with van der Waals surface area (Å²) in [5.41, 5.74) is 4.72. The number of hydrogen-bond acceptors (Lipinski definition) is 1. The van der Waals surface area contributed by atoms with Crippen LogP contribution in [0.2, 0.25) is 0 Å². The normalized spacial score (nSPS) is 6.60. The Balaban J connectivity index is 0. The van der Waals surface area contributed by atoms with E-state index in [1.165, 1.54) is 6.54 Å². The first-order valence-corrected chi connectivity index (χ1v) is 2.82. The standard InChI is InChI=1S/C6H5.C2H6N.Pd/c1-2-4-6-5-3-1;1-2-3;/h1-5H;2H,3H2,1H3;/q2*-1;+2. The molecular formula is C8H11NPd. The molecule has 0 amide bonds. The molecule has 10 heavy (non-hydrogen) atoms. The Kier molecular flexibility index (Phi) is 14.5. The Bertz CT molecular complexity index is 92.1. The molecule has 0 aromatic heterocycles. The van der Waals surface area contributed by atoms with E-state index in [1.54, 1.807) is 6.92 Å². The molecule has 0 bridgehead atoms. The van der Waals surface area contributed by atoms with Crippen LogP contribution in [0.15, 0.2) is 30.3 Å². The summed E-state index contributed by atoms with van der Waals surface area (Å²) >= 11 is 0. The largest absolute Gasteiger partial charge is 2.00 e. The molecule has 0 unspecified atom stereocenters. The fourth-order valence-corrected chi connectivity index (χ4v) is 0.342. The molecule has 0 heterocycles. The predicted octanol–water partition coefficient (Wildman–Crippen LogP) is 1.61. The third-order valence-corrected chi connectivity index (χ3v) is 0.607. The van der Waals surface area contributed by atoms with Crippen LogP contribution in [0, 0.1) is 12.6 Å². The van der Waals surface area contributed by atoms with Gasteiger partial charge < -0.3 is 5.73 Å². The van der Waals surface area contributed by atoms with Crippen molar-refractivity contribution in [2.24, 2.45) is 5.73 Å². The van der Waals surface area contributed by atoms with E-state index in [0.717, 1.165) is 0 Å². The van der Waals surface area contributed by atoms with Crippen LogP contribution < -0.4 is 5.73 Å². The van der Waals surface area contributed by atoms with Crippen molar-refractivity contribution in [1.29, 1.82) is 0 Å². The van der Waals surface area contributed by atoms with Crippen LogP contribution in [0.1, 0.15) is 6.92 Å². The van der Waals surface area contributed by atoms with E-state index >= 15 is 0 Å². The Hall–Kier alpha value is -0.158. The summed E-state index contributed by atoms with van der Waals surface area (Å²) in [6.07, 6.45) is 0. The van der Waals surface area contributed by atoms with Crippen molar-refractivity contribution in [1.82, 2.24) is 0 Å². The van der Waals surface area contributed by atoms with Gasteiger partial charge in [0, 0.05) is 0 Å². The zero-order chi connectivity index (χ0) is 6.95. The van der Waals surface area contributed by atoms with Crippen LogP contribution in [-0.2, 0) is 20.4 Å². The van der Waals surface area contributed by atoms with Crippen LogP contribution in [0.3, 0.4) is 0 Å². The van der Waals surface area contributed by atoms with Crippen molar-refractivity contribution in [3.8, 4) is 0 Å². The van der Waals surface area contributed by atoms with Crippen molar-refractivity contribution in [2.45, 2.75) is 6.92 Å². The van der Waals surface area contributed by atoms with E-state index < -0.39 is 0 Å². The first kappa shape index (κ1) is 12.5.